The number of benzene rings is 2. The van der Waals surface area contributed by atoms with E-state index >= 15 is 0 Å². The molecular weight excluding hydrogens is 462 g/mol. The topological polar surface area (TPSA) is 89.4 Å². The molecule has 0 aliphatic carbocycles. The van der Waals surface area contributed by atoms with Crippen molar-refractivity contribution >= 4 is 23.7 Å². The molecule has 0 spiro atoms. The first-order chi connectivity index (χ1) is 16.7. The van der Waals surface area contributed by atoms with Gasteiger partial charge in [0.2, 0.25) is 5.91 Å². The van der Waals surface area contributed by atoms with E-state index in [2.05, 4.69) is 48.4 Å². The third-order valence-corrected chi connectivity index (χ3v) is 6.83. The Labute approximate surface area is 210 Å². The molecule has 0 saturated carbocycles. The molecule has 9 heteroatoms. The lowest BCUT2D eigenvalue weighted by molar-refractivity contribution is -0.126. The molecule has 184 valence electrons. The van der Waals surface area contributed by atoms with Gasteiger partial charge in [-0.05, 0) is 49.1 Å². The number of rotatable bonds is 7. The Hall–Kier alpha value is -3.33. The number of hydrogen-bond donors (Lipinski definition) is 1. The zero-order valence-corrected chi connectivity index (χ0v) is 21.6. The molecule has 1 aliphatic rings. The summed E-state index contributed by atoms with van der Waals surface area (Å²) in [5, 5.41) is 11.7. The normalized spacial score (nSPS) is 14.7. The first kappa shape index (κ1) is 24.8. The first-order valence-corrected chi connectivity index (χ1v) is 12.6. The van der Waals surface area contributed by atoms with Crippen LogP contribution in [0.1, 0.15) is 40.2 Å². The standard InChI is InChI=1S/C26H31N5O3S/c1-6-34-21-13-11-20(12-14-21)31-22(18-7-9-19(10-8-18)26(3,4)5)28-29-25(31)35-17(2)23(32)30-16-15-27-24(30)33/h7-14,17H,6,15-16H2,1-5H3,(H,27,33). The van der Waals surface area contributed by atoms with Crippen molar-refractivity contribution in [3.8, 4) is 22.8 Å². The number of hydrogen-bond acceptors (Lipinski definition) is 6. The number of ether oxygens (including phenoxy) is 1. The fourth-order valence-electron chi connectivity index (χ4n) is 3.85. The van der Waals surface area contributed by atoms with E-state index in [0.717, 1.165) is 17.0 Å². The van der Waals surface area contributed by atoms with Crippen molar-refractivity contribution < 1.29 is 14.3 Å². The van der Waals surface area contributed by atoms with Crippen molar-refractivity contribution in [3.63, 3.8) is 0 Å². The number of aromatic nitrogens is 3. The monoisotopic (exact) mass is 493 g/mol. The fraction of sp³-hybridized carbons (Fsp3) is 0.385. The molecule has 1 aromatic heterocycles. The van der Waals surface area contributed by atoms with E-state index in [0.29, 0.717) is 30.7 Å². The quantitative estimate of drug-likeness (QED) is 0.482. The maximum atomic E-state index is 12.9. The molecule has 1 saturated heterocycles. The Morgan fingerprint density at radius 3 is 2.37 bits per heavy atom. The molecule has 4 rings (SSSR count). The van der Waals surface area contributed by atoms with Crippen molar-refractivity contribution in [3.05, 3.63) is 54.1 Å². The predicted octanol–water partition coefficient (Wildman–Crippen LogP) is 4.66. The maximum absolute atomic E-state index is 12.9. The molecule has 1 fully saturated rings. The van der Waals surface area contributed by atoms with Gasteiger partial charge in [-0.1, -0.05) is 56.8 Å². The van der Waals surface area contributed by atoms with Crippen LogP contribution in [0.3, 0.4) is 0 Å². The Morgan fingerprint density at radius 2 is 1.80 bits per heavy atom. The number of imide groups is 1. The molecule has 2 aromatic carbocycles. The Bertz CT molecular complexity index is 1200. The number of carbonyl (C=O) groups is 2. The second-order valence-corrected chi connectivity index (χ2v) is 10.7. The third-order valence-electron chi connectivity index (χ3n) is 5.80. The molecule has 3 amide bonds. The highest BCUT2D eigenvalue weighted by molar-refractivity contribution is 8.00. The maximum Gasteiger partial charge on any atom is 0.324 e. The van der Waals surface area contributed by atoms with Crippen LogP contribution in [-0.4, -0.2) is 56.5 Å². The minimum Gasteiger partial charge on any atom is -0.494 e. The van der Waals surface area contributed by atoms with Gasteiger partial charge in [-0.3, -0.25) is 14.3 Å². The average Bonchev–Trinajstić information content (AvgIpc) is 3.45. The minimum absolute atomic E-state index is 0.0416. The Kier molecular flexibility index (Phi) is 7.16. The Balaban J connectivity index is 1.70. The lowest BCUT2D eigenvalue weighted by Crippen LogP contribution is -2.39. The van der Waals surface area contributed by atoms with Crippen molar-refractivity contribution in [1.29, 1.82) is 0 Å². The highest BCUT2D eigenvalue weighted by atomic mass is 32.2. The van der Waals surface area contributed by atoms with Crippen LogP contribution in [0.2, 0.25) is 0 Å². The van der Waals surface area contributed by atoms with Gasteiger partial charge in [-0.2, -0.15) is 0 Å². The van der Waals surface area contributed by atoms with E-state index in [-0.39, 0.29) is 17.4 Å². The SMILES string of the molecule is CCOc1ccc(-n2c(SC(C)C(=O)N3CCNC3=O)nnc2-c2ccc(C(C)(C)C)cc2)cc1. The number of nitrogens with one attached hydrogen (secondary N) is 1. The molecule has 1 N–H and O–H groups in total. The van der Waals surface area contributed by atoms with E-state index < -0.39 is 5.25 Å². The van der Waals surface area contributed by atoms with E-state index in [1.807, 2.05) is 47.9 Å². The van der Waals surface area contributed by atoms with Gasteiger partial charge in [-0.25, -0.2) is 4.79 Å². The minimum atomic E-state index is -0.513. The summed E-state index contributed by atoms with van der Waals surface area (Å²) in [6.45, 7) is 11.7. The highest BCUT2D eigenvalue weighted by Gasteiger charge is 2.31. The van der Waals surface area contributed by atoms with Crippen molar-refractivity contribution in [2.45, 2.75) is 50.4 Å². The second-order valence-electron chi connectivity index (χ2n) is 9.38. The summed E-state index contributed by atoms with van der Waals surface area (Å²) in [6, 6.07) is 15.7. The molecule has 3 aromatic rings. The highest BCUT2D eigenvalue weighted by Crippen LogP contribution is 2.32. The molecule has 0 radical (unpaired) electrons. The van der Waals surface area contributed by atoms with Gasteiger partial charge in [0.05, 0.1) is 11.9 Å². The summed E-state index contributed by atoms with van der Waals surface area (Å²) in [7, 11) is 0. The van der Waals surface area contributed by atoms with Gasteiger partial charge in [-0.15, -0.1) is 10.2 Å². The number of nitrogens with zero attached hydrogens (tertiary/aromatic N) is 4. The van der Waals surface area contributed by atoms with Crippen LogP contribution in [-0.2, 0) is 10.2 Å². The van der Waals surface area contributed by atoms with E-state index in [1.165, 1.54) is 22.2 Å². The molecule has 1 atom stereocenters. The van der Waals surface area contributed by atoms with Gasteiger partial charge in [0.25, 0.3) is 0 Å². The summed E-state index contributed by atoms with van der Waals surface area (Å²) in [5.74, 6) is 1.20. The number of thioether (sulfide) groups is 1. The molecule has 8 nitrogen and oxygen atoms in total. The summed E-state index contributed by atoms with van der Waals surface area (Å²) >= 11 is 1.29. The summed E-state index contributed by atoms with van der Waals surface area (Å²) < 4.78 is 7.54. The van der Waals surface area contributed by atoms with E-state index in [4.69, 9.17) is 4.74 Å². The molecular formula is C26H31N5O3S. The zero-order chi connectivity index (χ0) is 25.2. The van der Waals surface area contributed by atoms with Gasteiger partial charge in [0, 0.05) is 24.3 Å². The second kappa shape index (κ2) is 10.1. The van der Waals surface area contributed by atoms with Crippen molar-refractivity contribution in [1.82, 2.24) is 25.0 Å². The number of urea groups is 1. The Morgan fingerprint density at radius 1 is 1.11 bits per heavy atom. The van der Waals surface area contributed by atoms with Crippen LogP contribution in [0.5, 0.6) is 5.75 Å². The van der Waals surface area contributed by atoms with Crippen molar-refractivity contribution in [2.24, 2.45) is 0 Å². The fourth-order valence-corrected chi connectivity index (χ4v) is 4.78. The van der Waals surface area contributed by atoms with Gasteiger partial charge in [0.1, 0.15) is 5.75 Å². The van der Waals surface area contributed by atoms with E-state index in [1.54, 1.807) is 6.92 Å². The molecule has 0 bridgehead atoms. The third kappa shape index (κ3) is 5.35. The van der Waals surface area contributed by atoms with Crippen molar-refractivity contribution in [2.75, 3.05) is 19.7 Å². The zero-order valence-electron chi connectivity index (χ0n) is 20.7. The predicted molar refractivity (Wildman–Crippen MR) is 137 cm³/mol. The van der Waals surface area contributed by atoms with Crippen LogP contribution in [0.4, 0.5) is 4.79 Å². The molecule has 1 aliphatic heterocycles. The van der Waals surface area contributed by atoms with Gasteiger partial charge < -0.3 is 10.1 Å². The molecule has 2 heterocycles. The first-order valence-electron chi connectivity index (χ1n) is 11.7. The lowest BCUT2D eigenvalue weighted by Gasteiger charge is -2.19. The van der Waals surface area contributed by atoms with Crippen LogP contribution in [0.15, 0.2) is 53.7 Å². The van der Waals surface area contributed by atoms with Crippen LogP contribution < -0.4 is 10.1 Å². The van der Waals surface area contributed by atoms with Crippen LogP contribution in [0, 0.1) is 0 Å². The summed E-state index contributed by atoms with van der Waals surface area (Å²) in [4.78, 5) is 26.1. The summed E-state index contributed by atoms with van der Waals surface area (Å²) in [6.07, 6.45) is 0. The lowest BCUT2D eigenvalue weighted by atomic mass is 9.87. The molecule has 35 heavy (non-hydrogen) atoms. The van der Waals surface area contributed by atoms with E-state index in [9.17, 15) is 9.59 Å². The summed E-state index contributed by atoms with van der Waals surface area (Å²) in [5.41, 5.74) is 3.05. The average molecular weight is 494 g/mol. The van der Waals surface area contributed by atoms with Crippen LogP contribution >= 0.6 is 11.8 Å². The van der Waals surface area contributed by atoms with Crippen LogP contribution in [0.25, 0.3) is 17.1 Å². The number of amides is 3. The smallest absolute Gasteiger partial charge is 0.324 e. The van der Waals surface area contributed by atoms with Gasteiger partial charge >= 0.3 is 6.03 Å². The number of carbonyl (C=O) groups excluding carboxylic acids is 2. The van der Waals surface area contributed by atoms with Gasteiger partial charge in [0.15, 0.2) is 11.0 Å². The largest absolute Gasteiger partial charge is 0.494 e. The molecule has 1 unspecified atom stereocenters.